The van der Waals surface area contributed by atoms with Crippen LogP contribution in [-0.4, -0.2) is 19.5 Å². The van der Waals surface area contributed by atoms with E-state index in [-0.39, 0.29) is 6.29 Å². The van der Waals surface area contributed by atoms with Crippen LogP contribution in [0.1, 0.15) is 51.9 Å². The van der Waals surface area contributed by atoms with E-state index in [4.69, 9.17) is 21.1 Å². The first-order valence-corrected chi connectivity index (χ1v) is 8.27. The Balaban J connectivity index is 1.68. The van der Waals surface area contributed by atoms with Gasteiger partial charge in [-0.25, -0.2) is 0 Å². The van der Waals surface area contributed by atoms with E-state index >= 15 is 0 Å². The highest BCUT2D eigenvalue weighted by atomic mass is 35.5. The van der Waals surface area contributed by atoms with Crippen molar-refractivity contribution < 1.29 is 9.47 Å². The predicted octanol–water partition coefficient (Wildman–Crippen LogP) is 4.72. The Hall–Kier alpha value is -0.0500. The maximum atomic E-state index is 5.96. The van der Waals surface area contributed by atoms with Gasteiger partial charge in [-0.1, -0.05) is 37.4 Å². The van der Waals surface area contributed by atoms with Crippen LogP contribution in [0.2, 0.25) is 0 Å². The van der Waals surface area contributed by atoms with E-state index in [9.17, 15) is 0 Å². The van der Waals surface area contributed by atoms with Gasteiger partial charge in [0.05, 0.1) is 13.2 Å². The lowest BCUT2D eigenvalue weighted by Crippen LogP contribution is -2.38. The second-order valence-electron chi connectivity index (χ2n) is 6.04. The Kier molecular flexibility index (Phi) is 6.69. The third-order valence-electron chi connectivity index (χ3n) is 4.50. The second kappa shape index (κ2) is 8.28. The van der Waals surface area contributed by atoms with Crippen LogP contribution in [0.5, 0.6) is 0 Å². The Morgan fingerprint density at radius 2 is 1.79 bits per heavy atom. The standard InChI is InChI=1S/C16H27ClO2/c1-2-3-4-14-11-18-16(19-12-14)15-7-5-13(6-8-15)9-10-17/h9-10,13-16H,2-8,11-12H2,1H3/b10-9+. The Bertz CT molecular complexity index is 264. The molecule has 2 fully saturated rings. The summed E-state index contributed by atoms with van der Waals surface area (Å²) >= 11 is 5.65. The molecule has 1 saturated carbocycles. The molecule has 0 amide bonds. The highest BCUT2D eigenvalue weighted by Gasteiger charge is 2.31. The molecule has 3 heteroatoms. The molecule has 0 aromatic heterocycles. The normalized spacial score (nSPS) is 36.7. The number of allylic oxidation sites excluding steroid dienone is 1. The van der Waals surface area contributed by atoms with Gasteiger partial charge in [-0.2, -0.15) is 0 Å². The largest absolute Gasteiger partial charge is 0.352 e. The van der Waals surface area contributed by atoms with Crippen molar-refractivity contribution in [1.82, 2.24) is 0 Å². The first-order valence-electron chi connectivity index (χ1n) is 7.83. The molecule has 1 aliphatic carbocycles. The van der Waals surface area contributed by atoms with Crippen molar-refractivity contribution in [2.24, 2.45) is 17.8 Å². The summed E-state index contributed by atoms with van der Waals surface area (Å²) in [7, 11) is 0. The number of rotatable bonds is 5. The summed E-state index contributed by atoms with van der Waals surface area (Å²) in [5.74, 6) is 1.87. The van der Waals surface area contributed by atoms with Crippen molar-refractivity contribution in [2.45, 2.75) is 58.2 Å². The van der Waals surface area contributed by atoms with Gasteiger partial charge in [-0.3, -0.25) is 0 Å². The Morgan fingerprint density at radius 3 is 2.37 bits per heavy atom. The number of hydrogen-bond donors (Lipinski definition) is 0. The van der Waals surface area contributed by atoms with Gasteiger partial charge in [-0.15, -0.1) is 0 Å². The van der Waals surface area contributed by atoms with Crippen molar-refractivity contribution in [3.05, 3.63) is 11.6 Å². The quantitative estimate of drug-likeness (QED) is 0.728. The van der Waals surface area contributed by atoms with E-state index in [1.54, 1.807) is 5.54 Å². The molecule has 0 unspecified atom stereocenters. The third kappa shape index (κ3) is 4.77. The van der Waals surface area contributed by atoms with Crippen LogP contribution < -0.4 is 0 Å². The molecule has 0 spiro atoms. The lowest BCUT2D eigenvalue weighted by atomic mass is 9.81. The SMILES string of the molecule is CCCCC1COC(C2CCC(/C=C/Cl)CC2)OC1. The number of halogens is 1. The van der Waals surface area contributed by atoms with Gasteiger partial charge in [-0.05, 0) is 38.0 Å². The molecule has 2 rings (SSSR count). The van der Waals surface area contributed by atoms with E-state index in [1.807, 2.05) is 0 Å². The molecule has 2 aliphatic rings. The van der Waals surface area contributed by atoms with Gasteiger partial charge < -0.3 is 9.47 Å². The molecule has 0 N–H and O–H groups in total. The van der Waals surface area contributed by atoms with Crippen LogP contribution >= 0.6 is 11.6 Å². The van der Waals surface area contributed by atoms with Crippen LogP contribution in [0, 0.1) is 17.8 Å². The van der Waals surface area contributed by atoms with Gasteiger partial charge in [0.1, 0.15) is 0 Å². The smallest absolute Gasteiger partial charge is 0.160 e. The molecule has 0 aromatic carbocycles. The number of hydrogen-bond acceptors (Lipinski definition) is 2. The first-order chi connectivity index (χ1) is 9.33. The van der Waals surface area contributed by atoms with Crippen LogP contribution in [0.3, 0.4) is 0 Å². The predicted molar refractivity (Wildman–Crippen MR) is 79.1 cm³/mol. The molecule has 0 bridgehead atoms. The van der Waals surface area contributed by atoms with Crippen molar-refractivity contribution >= 4 is 11.6 Å². The summed E-state index contributed by atoms with van der Waals surface area (Å²) in [5.41, 5.74) is 1.66. The van der Waals surface area contributed by atoms with E-state index < -0.39 is 0 Å². The minimum Gasteiger partial charge on any atom is -0.352 e. The third-order valence-corrected chi connectivity index (χ3v) is 4.65. The maximum absolute atomic E-state index is 5.96. The highest BCUT2D eigenvalue weighted by Crippen LogP contribution is 2.34. The highest BCUT2D eigenvalue weighted by molar-refractivity contribution is 6.25. The van der Waals surface area contributed by atoms with Crippen molar-refractivity contribution in [1.29, 1.82) is 0 Å². The minimum atomic E-state index is 0.0545. The van der Waals surface area contributed by atoms with Gasteiger partial charge in [0.2, 0.25) is 0 Å². The molecule has 0 atom stereocenters. The van der Waals surface area contributed by atoms with Gasteiger partial charge in [0.25, 0.3) is 0 Å². The summed E-state index contributed by atoms with van der Waals surface area (Å²) in [4.78, 5) is 0. The van der Waals surface area contributed by atoms with E-state index in [1.165, 1.54) is 44.9 Å². The summed E-state index contributed by atoms with van der Waals surface area (Å²) in [5, 5.41) is 0. The van der Waals surface area contributed by atoms with Crippen LogP contribution in [-0.2, 0) is 9.47 Å². The van der Waals surface area contributed by atoms with Gasteiger partial charge in [0, 0.05) is 17.4 Å². The Morgan fingerprint density at radius 1 is 1.11 bits per heavy atom. The zero-order valence-corrected chi connectivity index (χ0v) is 12.8. The lowest BCUT2D eigenvalue weighted by molar-refractivity contribution is -0.229. The molecule has 1 saturated heterocycles. The van der Waals surface area contributed by atoms with Crippen LogP contribution in [0.15, 0.2) is 11.6 Å². The molecule has 110 valence electrons. The number of unbranched alkanes of at least 4 members (excludes halogenated alkanes) is 1. The minimum absolute atomic E-state index is 0.0545. The van der Waals surface area contributed by atoms with Crippen molar-refractivity contribution in [3.8, 4) is 0 Å². The van der Waals surface area contributed by atoms with Crippen LogP contribution in [0.4, 0.5) is 0 Å². The zero-order chi connectivity index (χ0) is 13.5. The maximum Gasteiger partial charge on any atom is 0.160 e. The average Bonchev–Trinajstić information content (AvgIpc) is 2.47. The average molecular weight is 287 g/mol. The topological polar surface area (TPSA) is 18.5 Å². The molecule has 0 radical (unpaired) electrons. The molecule has 19 heavy (non-hydrogen) atoms. The molecular formula is C16H27ClO2. The number of ether oxygens (including phenoxy) is 2. The summed E-state index contributed by atoms with van der Waals surface area (Å²) in [6.07, 6.45) is 10.8. The first kappa shape index (κ1) is 15.3. The van der Waals surface area contributed by atoms with Gasteiger partial charge >= 0.3 is 0 Å². The zero-order valence-electron chi connectivity index (χ0n) is 12.0. The fourth-order valence-electron chi connectivity index (χ4n) is 3.20. The van der Waals surface area contributed by atoms with E-state index in [0.29, 0.717) is 17.8 Å². The fourth-order valence-corrected chi connectivity index (χ4v) is 3.41. The van der Waals surface area contributed by atoms with Gasteiger partial charge in [0.15, 0.2) is 6.29 Å². The summed E-state index contributed by atoms with van der Waals surface area (Å²) in [6, 6.07) is 0. The fraction of sp³-hybridized carbons (Fsp3) is 0.875. The molecular weight excluding hydrogens is 260 g/mol. The Labute approximate surface area is 122 Å². The summed E-state index contributed by atoms with van der Waals surface area (Å²) in [6.45, 7) is 4.03. The monoisotopic (exact) mass is 286 g/mol. The molecule has 2 nitrogen and oxygen atoms in total. The summed E-state index contributed by atoms with van der Waals surface area (Å²) < 4.78 is 11.9. The van der Waals surface area contributed by atoms with Crippen molar-refractivity contribution in [3.63, 3.8) is 0 Å². The lowest BCUT2D eigenvalue weighted by Gasteiger charge is -2.37. The van der Waals surface area contributed by atoms with E-state index in [0.717, 1.165) is 13.2 Å². The second-order valence-corrected chi connectivity index (χ2v) is 6.29. The molecule has 0 aromatic rings. The molecule has 1 aliphatic heterocycles. The van der Waals surface area contributed by atoms with E-state index in [2.05, 4.69) is 13.0 Å². The van der Waals surface area contributed by atoms with Crippen molar-refractivity contribution in [2.75, 3.05) is 13.2 Å². The van der Waals surface area contributed by atoms with Crippen LogP contribution in [0.25, 0.3) is 0 Å². The molecule has 1 heterocycles.